The Morgan fingerprint density at radius 3 is 1.13 bits per heavy atom. The van der Waals surface area contributed by atoms with Crippen LogP contribution in [0.5, 0.6) is 0 Å². The molecule has 0 aromatic heterocycles. The highest BCUT2D eigenvalue weighted by atomic mass is 32.4. The summed E-state index contributed by atoms with van der Waals surface area (Å²) in [6.45, 7) is 6.40. The molecule has 0 amide bonds. The van der Waals surface area contributed by atoms with Crippen LogP contribution < -0.4 is 15.9 Å². The minimum atomic E-state index is -2.02. The van der Waals surface area contributed by atoms with Crippen LogP contribution in [0.25, 0.3) is 0 Å². The van der Waals surface area contributed by atoms with Gasteiger partial charge in [0.1, 0.15) is 0 Å². The van der Waals surface area contributed by atoms with Crippen molar-refractivity contribution in [3.63, 3.8) is 0 Å². The molecule has 0 bridgehead atoms. The summed E-state index contributed by atoms with van der Waals surface area (Å²) in [6, 6.07) is 24.1. The molecule has 116 valence electrons. The minimum absolute atomic E-state index is 1.26. The van der Waals surface area contributed by atoms with Crippen molar-refractivity contribution in [1.29, 1.82) is 0 Å². The van der Waals surface area contributed by atoms with Crippen LogP contribution in [0, 0.1) is 20.8 Å². The van der Waals surface area contributed by atoms with Gasteiger partial charge in [-0.15, -0.1) is 0 Å². The van der Waals surface area contributed by atoms with Gasteiger partial charge in [0.05, 0.1) is 0 Å². The van der Waals surface area contributed by atoms with Crippen LogP contribution in [0.2, 0.25) is 0 Å². The molecular weight excluding hydrogens is 315 g/mol. The zero-order valence-corrected chi connectivity index (χ0v) is 15.5. The zero-order chi connectivity index (χ0) is 16.4. The second-order valence-electron chi connectivity index (χ2n) is 6.13. The second kappa shape index (κ2) is 6.43. The summed E-state index contributed by atoms with van der Waals surface area (Å²) in [6.07, 6.45) is 0. The fraction of sp³-hybridized carbons (Fsp3) is 0.143. The molecule has 0 nitrogen and oxygen atoms in total. The van der Waals surface area contributed by atoms with Crippen LogP contribution in [-0.4, -0.2) is 0 Å². The topological polar surface area (TPSA) is 0 Å². The van der Waals surface area contributed by atoms with Crippen molar-refractivity contribution < 1.29 is 0 Å². The molecule has 0 unspecified atom stereocenters. The largest absolute Gasteiger partial charge is 0.0826 e. The third kappa shape index (κ3) is 3.17. The van der Waals surface area contributed by atoms with Crippen molar-refractivity contribution in [1.82, 2.24) is 0 Å². The monoisotopic (exact) mass is 336 g/mol. The van der Waals surface area contributed by atoms with Gasteiger partial charge in [-0.3, -0.25) is 0 Å². The highest BCUT2D eigenvalue weighted by Crippen LogP contribution is 2.43. The molecule has 3 aromatic carbocycles. The van der Waals surface area contributed by atoms with Crippen LogP contribution in [0.3, 0.4) is 0 Å². The SMILES string of the molecule is Cc1cccc(P(=S)(c2cccc(C)c2)c2cccc(C)c2)c1. The molecule has 23 heavy (non-hydrogen) atoms. The van der Waals surface area contributed by atoms with Crippen molar-refractivity contribution in [3.05, 3.63) is 89.5 Å². The zero-order valence-electron chi connectivity index (χ0n) is 13.8. The molecule has 0 radical (unpaired) electrons. The molecule has 0 aliphatic heterocycles. The van der Waals surface area contributed by atoms with Crippen molar-refractivity contribution >= 4 is 33.8 Å². The normalized spacial score (nSPS) is 11.4. The summed E-state index contributed by atoms with van der Waals surface area (Å²) < 4.78 is 0. The Balaban J connectivity index is 2.32. The van der Waals surface area contributed by atoms with Crippen molar-refractivity contribution in [2.24, 2.45) is 0 Å². The summed E-state index contributed by atoms with van der Waals surface area (Å²) >= 11 is 6.39. The van der Waals surface area contributed by atoms with E-state index < -0.39 is 6.04 Å². The van der Waals surface area contributed by atoms with Gasteiger partial charge in [0.25, 0.3) is 0 Å². The van der Waals surface area contributed by atoms with E-state index >= 15 is 0 Å². The Kier molecular flexibility index (Phi) is 4.53. The summed E-state index contributed by atoms with van der Waals surface area (Å²) in [5.74, 6) is 0. The van der Waals surface area contributed by atoms with E-state index in [1.54, 1.807) is 0 Å². The third-order valence-corrected chi connectivity index (χ3v) is 9.01. The number of hydrogen-bond donors (Lipinski definition) is 0. The first-order valence-electron chi connectivity index (χ1n) is 7.82. The van der Waals surface area contributed by atoms with Crippen LogP contribution in [0.4, 0.5) is 0 Å². The van der Waals surface area contributed by atoms with E-state index in [-0.39, 0.29) is 0 Å². The summed E-state index contributed by atoms with van der Waals surface area (Å²) in [7, 11) is 0. The van der Waals surface area contributed by atoms with Gasteiger partial charge in [-0.2, -0.15) is 0 Å². The molecule has 0 spiro atoms. The van der Waals surface area contributed by atoms with Crippen molar-refractivity contribution in [2.75, 3.05) is 0 Å². The molecule has 0 saturated carbocycles. The van der Waals surface area contributed by atoms with E-state index in [0.717, 1.165) is 0 Å². The van der Waals surface area contributed by atoms with Gasteiger partial charge >= 0.3 is 0 Å². The molecular formula is C21H21PS. The molecule has 0 saturated heterocycles. The fourth-order valence-corrected chi connectivity index (χ4v) is 6.88. The molecule has 3 aromatic rings. The average molecular weight is 336 g/mol. The van der Waals surface area contributed by atoms with E-state index in [1.807, 2.05) is 0 Å². The van der Waals surface area contributed by atoms with Crippen LogP contribution >= 0.6 is 6.04 Å². The summed E-state index contributed by atoms with van der Waals surface area (Å²) in [5, 5.41) is 3.80. The number of aryl methyl sites for hydroxylation is 3. The Morgan fingerprint density at radius 2 is 0.870 bits per heavy atom. The van der Waals surface area contributed by atoms with Crippen LogP contribution in [0.15, 0.2) is 72.8 Å². The standard InChI is InChI=1S/C21H21PS/c1-16-7-4-10-19(13-16)22(23,20-11-5-8-17(2)14-20)21-12-6-9-18(3)15-21/h4-15H,1-3H3. The molecule has 3 rings (SSSR count). The van der Waals surface area contributed by atoms with Gasteiger partial charge in [0.2, 0.25) is 0 Å². The van der Waals surface area contributed by atoms with E-state index in [0.29, 0.717) is 0 Å². The van der Waals surface area contributed by atoms with E-state index in [9.17, 15) is 0 Å². The molecule has 0 N–H and O–H groups in total. The quantitative estimate of drug-likeness (QED) is 0.640. The highest BCUT2D eigenvalue weighted by molar-refractivity contribution is 8.25. The molecule has 0 fully saturated rings. The Morgan fingerprint density at radius 1 is 0.565 bits per heavy atom. The highest BCUT2D eigenvalue weighted by Gasteiger charge is 2.25. The number of rotatable bonds is 3. The van der Waals surface area contributed by atoms with Crippen LogP contribution in [-0.2, 0) is 11.8 Å². The van der Waals surface area contributed by atoms with Crippen molar-refractivity contribution in [3.8, 4) is 0 Å². The average Bonchev–Trinajstić information content (AvgIpc) is 2.54. The maximum absolute atomic E-state index is 6.39. The predicted molar refractivity (Wildman–Crippen MR) is 107 cm³/mol. The predicted octanol–water partition coefficient (Wildman–Crippen LogP) is 4.37. The lowest BCUT2D eigenvalue weighted by Gasteiger charge is -2.25. The van der Waals surface area contributed by atoms with E-state index in [1.165, 1.54) is 32.6 Å². The minimum Gasteiger partial charge on any atom is -0.0826 e. The van der Waals surface area contributed by atoms with Gasteiger partial charge in [-0.05, 0) is 36.7 Å². The maximum Gasteiger partial charge on any atom is 0.0379 e. The molecule has 0 aliphatic rings. The smallest absolute Gasteiger partial charge is 0.0379 e. The van der Waals surface area contributed by atoms with Gasteiger partial charge in [0.15, 0.2) is 0 Å². The molecule has 0 heterocycles. The van der Waals surface area contributed by atoms with Gasteiger partial charge in [-0.1, -0.05) is 101 Å². The lowest BCUT2D eigenvalue weighted by atomic mass is 10.2. The maximum atomic E-state index is 6.39. The summed E-state index contributed by atoms with van der Waals surface area (Å²) in [4.78, 5) is 0. The van der Waals surface area contributed by atoms with Crippen LogP contribution in [0.1, 0.15) is 16.7 Å². The van der Waals surface area contributed by atoms with Gasteiger partial charge in [-0.25, -0.2) is 0 Å². The number of benzene rings is 3. The molecule has 0 atom stereocenters. The lowest BCUT2D eigenvalue weighted by molar-refractivity contribution is 1.48. The first-order valence-corrected chi connectivity index (χ1v) is 10.6. The first-order chi connectivity index (χ1) is 11.0. The second-order valence-corrected chi connectivity index (χ2v) is 10.5. The number of hydrogen-bond acceptors (Lipinski definition) is 1. The van der Waals surface area contributed by atoms with Gasteiger partial charge < -0.3 is 0 Å². The van der Waals surface area contributed by atoms with E-state index in [2.05, 4.69) is 93.6 Å². The molecule has 0 aliphatic carbocycles. The third-order valence-electron chi connectivity index (χ3n) is 4.10. The summed E-state index contributed by atoms with van der Waals surface area (Å²) in [5.41, 5.74) is 3.78. The lowest BCUT2D eigenvalue weighted by Crippen LogP contribution is -2.25. The van der Waals surface area contributed by atoms with E-state index in [4.69, 9.17) is 11.8 Å². The Hall–Kier alpha value is -1.69. The molecule has 2 heteroatoms. The first kappa shape index (κ1) is 16.2. The van der Waals surface area contributed by atoms with Crippen molar-refractivity contribution in [2.45, 2.75) is 20.8 Å². The fourth-order valence-electron chi connectivity index (χ4n) is 2.92. The van der Waals surface area contributed by atoms with Gasteiger partial charge in [0, 0.05) is 6.04 Å². The Labute approximate surface area is 144 Å². The Bertz CT molecular complexity index is 778.